The van der Waals surface area contributed by atoms with Gasteiger partial charge >= 0.3 is 0 Å². The molecule has 9 heteroatoms. The number of nitrogens with one attached hydrogen (secondary N) is 2. The van der Waals surface area contributed by atoms with E-state index < -0.39 is 0 Å². The van der Waals surface area contributed by atoms with Crippen LogP contribution in [0.2, 0.25) is 0 Å². The average molecular weight is 478 g/mol. The Labute approximate surface area is 180 Å². The van der Waals surface area contributed by atoms with Gasteiger partial charge in [-0.3, -0.25) is 10.1 Å². The number of methoxy groups -OCH3 is 2. The molecular weight excluding hydrogens is 462 g/mol. The lowest BCUT2D eigenvalue weighted by Gasteiger charge is -2.08. The Bertz CT molecular complexity index is 1010. The monoisotopic (exact) mass is 477 g/mol. The Morgan fingerprint density at radius 2 is 1.89 bits per heavy atom. The minimum atomic E-state index is -0.309. The summed E-state index contributed by atoms with van der Waals surface area (Å²) in [5.74, 6) is 1.12. The SMILES string of the molecule is COc1ccc(C(=O)NC(=S)Nc2nc(-c3ccc(OC)c(Br)c3)cs2)cc1. The van der Waals surface area contributed by atoms with Gasteiger partial charge in [-0.05, 0) is 70.6 Å². The van der Waals surface area contributed by atoms with Crippen LogP contribution in [-0.4, -0.2) is 30.2 Å². The van der Waals surface area contributed by atoms with Crippen molar-refractivity contribution in [1.29, 1.82) is 0 Å². The van der Waals surface area contributed by atoms with Crippen LogP contribution in [0.15, 0.2) is 52.3 Å². The maximum Gasteiger partial charge on any atom is 0.257 e. The zero-order valence-corrected chi connectivity index (χ0v) is 18.2. The van der Waals surface area contributed by atoms with E-state index in [-0.39, 0.29) is 11.0 Å². The molecule has 1 aromatic heterocycles. The molecule has 0 saturated heterocycles. The average Bonchev–Trinajstić information content (AvgIpc) is 3.16. The Kier molecular flexibility index (Phi) is 6.61. The number of nitrogens with zero attached hydrogens (tertiary/aromatic N) is 1. The van der Waals surface area contributed by atoms with Crippen molar-refractivity contribution in [3.63, 3.8) is 0 Å². The number of rotatable bonds is 5. The highest BCUT2D eigenvalue weighted by atomic mass is 79.9. The topological polar surface area (TPSA) is 72.5 Å². The molecule has 28 heavy (non-hydrogen) atoms. The first kappa shape index (κ1) is 20.2. The highest BCUT2D eigenvalue weighted by Gasteiger charge is 2.11. The molecule has 1 heterocycles. The van der Waals surface area contributed by atoms with E-state index in [4.69, 9.17) is 21.7 Å². The number of carbonyl (C=O) groups is 1. The van der Waals surface area contributed by atoms with Gasteiger partial charge in [-0.1, -0.05) is 0 Å². The number of thiazole rings is 1. The van der Waals surface area contributed by atoms with Gasteiger partial charge in [-0.25, -0.2) is 4.98 Å². The lowest BCUT2D eigenvalue weighted by Crippen LogP contribution is -2.34. The summed E-state index contributed by atoms with van der Waals surface area (Å²) >= 11 is 10.1. The molecule has 0 fully saturated rings. The van der Waals surface area contributed by atoms with Gasteiger partial charge in [-0.2, -0.15) is 0 Å². The van der Waals surface area contributed by atoms with Crippen LogP contribution in [0.25, 0.3) is 11.3 Å². The summed E-state index contributed by atoms with van der Waals surface area (Å²) in [7, 11) is 3.19. The Balaban J connectivity index is 1.63. The van der Waals surface area contributed by atoms with Gasteiger partial charge in [-0.15, -0.1) is 11.3 Å². The van der Waals surface area contributed by atoms with Gasteiger partial charge in [0.25, 0.3) is 5.91 Å². The number of amides is 1. The molecule has 0 aliphatic carbocycles. The number of ether oxygens (including phenoxy) is 2. The summed E-state index contributed by atoms with van der Waals surface area (Å²) in [5.41, 5.74) is 2.21. The number of benzene rings is 2. The molecule has 3 aromatic rings. The number of anilines is 1. The molecule has 0 radical (unpaired) electrons. The lowest BCUT2D eigenvalue weighted by molar-refractivity contribution is 0.0977. The summed E-state index contributed by atoms with van der Waals surface area (Å²) in [4.78, 5) is 16.8. The van der Waals surface area contributed by atoms with Crippen molar-refractivity contribution in [2.45, 2.75) is 0 Å². The first-order valence-electron chi connectivity index (χ1n) is 8.06. The molecule has 0 unspecified atom stereocenters. The fourth-order valence-corrected chi connectivity index (χ4v) is 3.85. The van der Waals surface area contributed by atoms with Crippen molar-refractivity contribution in [1.82, 2.24) is 10.3 Å². The van der Waals surface area contributed by atoms with Crippen LogP contribution in [0.5, 0.6) is 11.5 Å². The zero-order valence-electron chi connectivity index (χ0n) is 15.0. The predicted octanol–water partition coefficient (Wildman–Crippen LogP) is 4.72. The van der Waals surface area contributed by atoms with E-state index in [1.54, 1.807) is 38.5 Å². The van der Waals surface area contributed by atoms with E-state index >= 15 is 0 Å². The summed E-state index contributed by atoms with van der Waals surface area (Å²) in [6, 6.07) is 12.5. The highest BCUT2D eigenvalue weighted by Crippen LogP contribution is 2.32. The molecule has 2 aromatic carbocycles. The Morgan fingerprint density at radius 3 is 2.54 bits per heavy atom. The maximum absolute atomic E-state index is 12.3. The number of halogens is 1. The van der Waals surface area contributed by atoms with Crippen molar-refractivity contribution in [2.75, 3.05) is 19.5 Å². The molecular formula is C19H16BrN3O3S2. The van der Waals surface area contributed by atoms with Crippen molar-refractivity contribution in [3.8, 4) is 22.8 Å². The number of carbonyl (C=O) groups excluding carboxylic acids is 1. The maximum atomic E-state index is 12.3. The normalized spacial score (nSPS) is 10.2. The molecule has 2 N–H and O–H groups in total. The minimum Gasteiger partial charge on any atom is -0.497 e. The van der Waals surface area contributed by atoms with Crippen molar-refractivity contribution in [3.05, 3.63) is 57.9 Å². The van der Waals surface area contributed by atoms with E-state index in [1.807, 2.05) is 23.6 Å². The fourth-order valence-electron chi connectivity index (χ4n) is 2.34. The van der Waals surface area contributed by atoms with E-state index in [1.165, 1.54) is 11.3 Å². The molecule has 0 saturated carbocycles. The van der Waals surface area contributed by atoms with Gasteiger partial charge in [0.2, 0.25) is 0 Å². The van der Waals surface area contributed by atoms with Gasteiger partial charge in [0.1, 0.15) is 11.5 Å². The molecule has 0 atom stereocenters. The van der Waals surface area contributed by atoms with E-state index in [0.717, 1.165) is 21.5 Å². The Morgan fingerprint density at radius 1 is 1.14 bits per heavy atom. The molecule has 144 valence electrons. The van der Waals surface area contributed by atoms with Gasteiger partial charge in [0.05, 0.1) is 24.4 Å². The zero-order chi connectivity index (χ0) is 20.1. The Hall–Kier alpha value is -2.49. The number of hydrogen-bond donors (Lipinski definition) is 2. The first-order valence-corrected chi connectivity index (χ1v) is 10.1. The summed E-state index contributed by atoms with van der Waals surface area (Å²) in [6.45, 7) is 0. The number of hydrogen-bond acceptors (Lipinski definition) is 6. The molecule has 1 amide bonds. The minimum absolute atomic E-state index is 0.178. The lowest BCUT2D eigenvalue weighted by atomic mass is 10.2. The van der Waals surface area contributed by atoms with Gasteiger partial charge in [0, 0.05) is 16.5 Å². The van der Waals surface area contributed by atoms with E-state index in [2.05, 4.69) is 31.5 Å². The summed E-state index contributed by atoms with van der Waals surface area (Å²) in [5, 5.41) is 8.25. The third-order valence-corrected chi connectivity index (χ3v) is 5.33. The third-order valence-electron chi connectivity index (χ3n) is 3.75. The first-order chi connectivity index (χ1) is 13.5. The van der Waals surface area contributed by atoms with Gasteiger partial charge in [0.15, 0.2) is 10.2 Å². The van der Waals surface area contributed by atoms with Crippen molar-refractivity contribution >= 4 is 55.6 Å². The van der Waals surface area contributed by atoms with Crippen LogP contribution in [0, 0.1) is 0 Å². The highest BCUT2D eigenvalue weighted by molar-refractivity contribution is 9.10. The van der Waals surface area contributed by atoms with Crippen molar-refractivity contribution < 1.29 is 14.3 Å². The number of thiocarbonyl (C=S) groups is 1. The number of aromatic nitrogens is 1. The fraction of sp³-hybridized carbons (Fsp3) is 0.105. The quantitative estimate of drug-likeness (QED) is 0.518. The summed E-state index contributed by atoms with van der Waals surface area (Å²) < 4.78 is 11.2. The molecule has 0 aliphatic heterocycles. The van der Waals surface area contributed by atoms with Crippen LogP contribution >= 0.6 is 39.5 Å². The van der Waals surface area contributed by atoms with Crippen LogP contribution in [0.3, 0.4) is 0 Å². The smallest absolute Gasteiger partial charge is 0.257 e. The largest absolute Gasteiger partial charge is 0.497 e. The summed E-state index contributed by atoms with van der Waals surface area (Å²) in [6.07, 6.45) is 0. The third kappa shape index (κ3) is 4.86. The predicted molar refractivity (Wildman–Crippen MR) is 118 cm³/mol. The van der Waals surface area contributed by atoms with Crippen LogP contribution < -0.4 is 20.1 Å². The molecule has 3 rings (SSSR count). The second-order valence-electron chi connectivity index (χ2n) is 5.52. The molecule has 0 bridgehead atoms. The van der Waals surface area contributed by atoms with E-state index in [0.29, 0.717) is 16.4 Å². The molecule has 0 spiro atoms. The molecule has 6 nitrogen and oxygen atoms in total. The second kappa shape index (κ2) is 9.13. The molecule has 0 aliphatic rings. The van der Waals surface area contributed by atoms with Gasteiger partial charge < -0.3 is 14.8 Å². The standard InChI is InChI=1S/C19H16BrN3O3S2/c1-25-13-6-3-11(4-7-13)17(24)22-18(27)23-19-21-15(10-28-19)12-5-8-16(26-2)14(20)9-12/h3-10H,1-2H3,(H2,21,22,23,24,27). The van der Waals surface area contributed by atoms with Crippen LogP contribution in [0.4, 0.5) is 5.13 Å². The van der Waals surface area contributed by atoms with Crippen LogP contribution in [0.1, 0.15) is 10.4 Å². The van der Waals surface area contributed by atoms with Crippen LogP contribution in [-0.2, 0) is 0 Å². The van der Waals surface area contributed by atoms with Crippen molar-refractivity contribution in [2.24, 2.45) is 0 Å². The van der Waals surface area contributed by atoms with E-state index in [9.17, 15) is 4.79 Å². The second-order valence-corrected chi connectivity index (χ2v) is 7.64.